The number of unbranched alkanes of at least 4 members (excludes halogenated alkanes) is 8. The molecule has 0 atom stereocenters. The van der Waals surface area contributed by atoms with E-state index in [0.29, 0.717) is 12.2 Å². The Kier molecular flexibility index (Phi) is 11.8. The second-order valence-electron chi connectivity index (χ2n) is 9.37. The predicted molar refractivity (Wildman–Crippen MR) is 146 cm³/mol. The summed E-state index contributed by atoms with van der Waals surface area (Å²) in [7, 11) is 0. The Balaban J connectivity index is 1.55. The van der Waals surface area contributed by atoms with Crippen molar-refractivity contribution < 1.29 is 18.3 Å². The molecule has 0 N–H and O–H groups in total. The maximum absolute atomic E-state index is 14.8. The normalized spacial score (nSPS) is 11.0. The maximum atomic E-state index is 14.8. The smallest absolute Gasteiger partial charge is 0.201 e. The molecule has 0 aliphatic rings. The highest BCUT2D eigenvalue weighted by Crippen LogP contribution is 2.32. The topological polar surface area (TPSA) is 18.5 Å². The van der Waals surface area contributed by atoms with Gasteiger partial charge in [0, 0.05) is 5.56 Å². The lowest BCUT2D eigenvalue weighted by Gasteiger charge is -2.11. The number of benzene rings is 3. The molecule has 0 radical (unpaired) electrons. The second kappa shape index (κ2) is 15.3. The second-order valence-corrected chi connectivity index (χ2v) is 9.37. The van der Waals surface area contributed by atoms with E-state index in [4.69, 9.17) is 9.47 Å². The van der Waals surface area contributed by atoms with E-state index in [1.165, 1.54) is 44.6 Å². The van der Waals surface area contributed by atoms with Gasteiger partial charge >= 0.3 is 0 Å². The average Bonchev–Trinajstić information content (AvgIpc) is 2.91. The standard InChI is InChI=1S/C32H40F2O2/c1-3-5-7-8-9-10-12-24-36-30-22-21-29(31(33)32(30)34)27-15-13-25(14-16-27)26-17-19-28(20-18-26)35-23-11-6-4-2/h13-22H,3-12,23-24H2,1-2H3. The van der Waals surface area contributed by atoms with Crippen LogP contribution in [0.3, 0.4) is 0 Å². The first-order chi connectivity index (χ1) is 17.6. The molecule has 0 saturated heterocycles. The molecule has 194 valence electrons. The number of hydrogen-bond donors (Lipinski definition) is 0. The largest absolute Gasteiger partial charge is 0.494 e. The minimum atomic E-state index is -0.922. The van der Waals surface area contributed by atoms with Crippen LogP contribution in [0.4, 0.5) is 8.78 Å². The van der Waals surface area contributed by atoms with Crippen molar-refractivity contribution in [3.63, 3.8) is 0 Å². The van der Waals surface area contributed by atoms with Crippen molar-refractivity contribution in [1.82, 2.24) is 0 Å². The van der Waals surface area contributed by atoms with Gasteiger partial charge in [0.05, 0.1) is 13.2 Å². The molecule has 2 nitrogen and oxygen atoms in total. The number of ether oxygens (including phenoxy) is 2. The highest BCUT2D eigenvalue weighted by atomic mass is 19.2. The van der Waals surface area contributed by atoms with E-state index in [9.17, 15) is 8.78 Å². The zero-order valence-corrected chi connectivity index (χ0v) is 21.8. The van der Waals surface area contributed by atoms with E-state index in [-0.39, 0.29) is 11.3 Å². The summed E-state index contributed by atoms with van der Waals surface area (Å²) in [4.78, 5) is 0. The maximum Gasteiger partial charge on any atom is 0.201 e. The van der Waals surface area contributed by atoms with Crippen molar-refractivity contribution in [2.75, 3.05) is 13.2 Å². The summed E-state index contributed by atoms with van der Waals surface area (Å²) in [6.07, 6.45) is 11.5. The Hall–Kier alpha value is -2.88. The van der Waals surface area contributed by atoms with Gasteiger partial charge in [-0.05, 0) is 53.8 Å². The Morgan fingerprint density at radius 1 is 0.500 bits per heavy atom. The fourth-order valence-corrected chi connectivity index (χ4v) is 4.24. The average molecular weight is 495 g/mol. The van der Waals surface area contributed by atoms with Gasteiger partial charge in [-0.3, -0.25) is 0 Å². The van der Waals surface area contributed by atoms with Gasteiger partial charge < -0.3 is 9.47 Å². The zero-order valence-electron chi connectivity index (χ0n) is 21.8. The highest BCUT2D eigenvalue weighted by Gasteiger charge is 2.16. The van der Waals surface area contributed by atoms with E-state index in [0.717, 1.165) is 49.2 Å². The minimum absolute atomic E-state index is 0.0177. The van der Waals surface area contributed by atoms with Crippen LogP contribution >= 0.6 is 0 Å². The third kappa shape index (κ3) is 8.36. The summed E-state index contributed by atoms with van der Waals surface area (Å²) in [5.41, 5.74) is 2.91. The molecule has 0 spiro atoms. The Morgan fingerprint density at radius 2 is 1.00 bits per heavy atom. The third-order valence-electron chi connectivity index (χ3n) is 6.45. The number of halogens is 2. The lowest BCUT2D eigenvalue weighted by atomic mass is 9.99. The summed E-state index contributed by atoms with van der Waals surface area (Å²) < 4.78 is 40.8. The molecule has 0 bridgehead atoms. The quantitative estimate of drug-likeness (QED) is 0.184. The van der Waals surface area contributed by atoms with Gasteiger partial charge in [0.1, 0.15) is 5.75 Å². The Labute approximate surface area is 215 Å². The van der Waals surface area contributed by atoms with Gasteiger partial charge in [-0.2, -0.15) is 4.39 Å². The van der Waals surface area contributed by atoms with Crippen molar-refractivity contribution in [2.45, 2.75) is 78.1 Å². The van der Waals surface area contributed by atoms with Crippen LogP contribution in [-0.2, 0) is 0 Å². The molecular weight excluding hydrogens is 454 g/mol. The van der Waals surface area contributed by atoms with E-state index < -0.39 is 11.6 Å². The number of rotatable bonds is 16. The molecule has 4 heteroatoms. The first-order valence-electron chi connectivity index (χ1n) is 13.6. The third-order valence-corrected chi connectivity index (χ3v) is 6.45. The lowest BCUT2D eigenvalue weighted by molar-refractivity contribution is 0.285. The van der Waals surface area contributed by atoms with Crippen LogP contribution in [0.2, 0.25) is 0 Å². The van der Waals surface area contributed by atoms with Crippen LogP contribution in [0.25, 0.3) is 22.3 Å². The van der Waals surface area contributed by atoms with Gasteiger partial charge in [-0.25, -0.2) is 4.39 Å². The van der Waals surface area contributed by atoms with Gasteiger partial charge in [0.25, 0.3) is 0 Å². The van der Waals surface area contributed by atoms with Crippen LogP contribution in [0.15, 0.2) is 60.7 Å². The van der Waals surface area contributed by atoms with Gasteiger partial charge in [-0.1, -0.05) is 102 Å². The highest BCUT2D eigenvalue weighted by molar-refractivity contribution is 5.71. The first-order valence-corrected chi connectivity index (χ1v) is 13.6. The van der Waals surface area contributed by atoms with Crippen LogP contribution in [-0.4, -0.2) is 13.2 Å². The molecule has 3 aromatic carbocycles. The van der Waals surface area contributed by atoms with Crippen molar-refractivity contribution in [3.05, 3.63) is 72.3 Å². The van der Waals surface area contributed by atoms with Crippen molar-refractivity contribution in [3.8, 4) is 33.8 Å². The summed E-state index contributed by atoms with van der Waals surface area (Å²) in [6, 6.07) is 18.6. The SMILES string of the molecule is CCCCCCCCCOc1ccc(-c2ccc(-c3ccc(OCCCCC)cc3)cc2)c(F)c1F. The minimum Gasteiger partial charge on any atom is -0.494 e. The van der Waals surface area contributed by atoms with Crippen LogP contribution in [0.1, 0.15) is 78.1 Å². The monoisotopic (exact) mass is 494 g/mol. The van der Waals surface area contributed by atoms with Gasteiger partial charge in [-0.15, -0.1) is 0 Å². The molecule has 0 unspecified atom stereocenters. The molecular formula is C32H40F2O2. The molecule has 3 aromatic rings. The van der Waals surface area contributed by atoms with E-state index in [2.05, 4.69) is 13.8 Å². The zero-order chi connectivity index (χ0) is 25.6. The molecule has 0 aliphatic heterocycles. The van der Waals surface area contributed by atoms with Gasteiger partial charge in [0.2, 0.25) is 5.82 Å². The molecule has 0 fully saturated rings. The summed E-state index contributed by atoms with van der Waals surface area (Å²) in [6.45, 7) is 5.51. The summed E-state index contributed by atoms with van der Waals surface area (Å²) in [5, 5.41) is 0. The van der Waals surface area contributed by atoms with Crippen molar-refractivity contribution in [1.29, 1.82) is 0 Å². The van der Waals surface area contributed by atoms with Crippen molar-refractivity contribution in [2.24, 2.45) is 0 Å². The van der Waals surface area contributed by atoms with E-state index in [1.807, 2.05) is 48.5 Å². The van der Waals surface area contributed by atoms with Crippen molar-refractivity contribution >= 4 is 0 Å². The van der Waals surface area contributed by atoms with Crippen LogP contribution in [0, 0.1) is 11.6 Å². The molecule has 0 aliphatic carbocycles. The predicted octanol–water partition coefficient (Wildman–Crippen LogP) is 10.00. The fraction of sp³-hybridized carbons (Fsp3) is 0.438. The van der Waals surface area contributed by atoms with E-state index in [1.54, 1.807) is 6.07 Å². The van der Waals surface area contributed by atoms with Crippen LogP contribution < -0.4 is 9.47 Å². The molecule has 3 rings (SSSR count). The summed E-state index contributed by atoms with van der Waals surface area (Å²) >= 11 is 0. The molecule has 0 amide bonds. The first kappa shape index (κ1) is 27.7. The molecule has 0 heterocycles. The number of hydrogen-bond acceptors (Lipinski definition) is 2. The Bertz CT molecular complexity index is 1030. The molecule has 0 aromatic heterocycles. The summed E-state index contributed by atoms with van der Waals surface area (Å²) in [5.74, 6) is -0.951. The lowest BCUT2D eigenvalue weighted by Crippen LogP contribution is -2.01. The molecule has 36 heavy (non-hydrogen) atoms. The fourth-order valence-electron chi connectivity index (χ4n) is 4.24. The van der Waals surface area contributed by atoms with E-state index >= 15 is 0 Å². The van der Waals surface area contributed by atoms with Gasteiger partial charge in [0.15, 0.2) is 11.6 Å². The Morgan fingerprint density at radius 3 is 1.67 bits per heavy atom. The van der Waals surface area contributed by atoms with Crippen LogP contribution in [0.5, 0.6) is 11.5 Å². The molecule has 0 saturated carbocycles.